The van der Waals surface area contributed by atoms with Crippen LogP contribution in [0.5, 0.6) is 0 Å². The second kappa shape index (κ2) is 6.08. The zero-order chi connectivity index (χ0) is 13.7. The summed E-state index contributed by atoms with van der Waals surface area (Å²) in [6.07, 6.45) is 2.04. The number of rotatable bonds is 3. The smallest absolute Gasteiger partial charge is 0.318 e. The molecule has 2 rings (SSSR count). The van der Waals surface area contributed by atoms with Crippen LogP contribution >= 0.6 is 0 Å². The maximum atomic E-state index is 12.1. The standard InChI is InChI=1S/C13H18N4O2/c14-12(16-19)11(10-6-2-1-3-7-10)15-13(18)17-8-4-5-9-17/h1-3,6-7,11,19H,4-5,8-9H2,(H2,14,16)(H,15,18). The molecule has 1 aromatic rings. The van der Waals surface area contributed by atoms with E-state index in [0.717, 1.165) is 31.5 Å². The van der Waals surface area contributed by atoms with Crippen LogP contribution in [0.4, 0.5) is 4.79 Å². The molecule has 1 fully saturated rings. The Hall–Kier alpha value is -2.24. The summed E-state index contributed by atoms with van der Waals surface area (Å²) in [5.41, 5.74) is 6.45. The second-order valence-electron chi connectivity index (χ2n) is 4.51. The Kier molecular flexibility index (Phi) is 4.22. The highest BCUT2D eigenvalue weighted by Gasteiger charge is 2.24. The molecule has 6 nitrogen and oxygen atoms in total. The van der Waals surface area contributed by atoms with Crippen molar-refractivity contribution in [3.05, 3.63) is 35.9 Å². The lowest BCUT2D eigenvalue weighted by molar-refractivity contribution is 0.207. The van der Waals surface area contributed by atoms with Gasteiger partial charge in [-0.25, -0.2) is 4.79 Å². The van der Waals surface area contributed by atoms with Gasteiger partial charge < -0.3 is 21.2 Å². The van der Waals surface area contributed by atoms with Crippen molar-refractivity contribution < 1.29 is 10.0 Å². The number of hydrogen-bond donors (Lipinski definition) is 3. The summed E-state index contributed by atoms with van der Waals surface area (Å²) in [7, 11) is 0. The maximum Gasteiger partial charge on any atom is 0.318 e. The highest BCUT2D eigenvalue weighted by atomic mass is 16.4. The zero-order valence-electron chi connectivity index (χ0n) is 10.6. The molecule has 1 atom stereocenters. The van der Waals surface area contributed by atoms with Crippen molar-refractivity contribution >= 4 is 11.9 Å². The molecule has 2 amide bonds. The van der Waals surface area contributed by atoms with Crippen molar-refractivity contribution in [1.29, 1.82) is 0 Å². The number of benzene rings is 1. The normalized spacial score (nSPS) is 17.3. The van der Waals surface area contributed by atoms with Crippen molar-refractivity contribution in [3.63, 3.8) is 0 Å². The van der Waals surface area contributed by atoms with Crippen LogP contribution in [0, 0.1) is 0 Å². The molecule has 0 saturated carbocycles. The Morgan fingerprint density at radius 3 is 2.53 bits per heavy atom. The summed E-state index contributed by atoms with van der Waals surface area (Å²) in [6.45, 7) is 1.51. The Balaban J connectivity index is 2.12. The minimum atomic E-state index is -0.612. The van der Waals surface area contributed by atoms with E-state index in [1.54, 1.807) is 4.90 Å². The van der Waals surface area contributed by atoms with E-state index in [0.29, 0.717) is 0 Å². The van der Waals surface area contributed by atoms with E-state index in [1.165, 1.54) is 0 Å². The first-order valence-electron chi connectivity index (χ1n) is 6.30. The van der Waals surface area contributed by atoms with Crippen LogP contribution in [-0.4, -0.2) is 35.1 Å². The number of hydrogen-bond acceptors (Lipinski definition) is 3. The molecular weight excluding hydrogens is 244 g/mol. The van der Waals surface area contributed by atoms with Crippen molar-refractivity contribution in [1.82, 2.24) is 10.2 Å². The number of nitrogens with one attached hydrogen (secondary N) is 1. The monoisotopic (exact) mass is 262 g/mol. The summed E-state index contributed by atoms with van der Waals surface area (Å²) in [5.74, 6) is -0.0289. The second-order valence-corrected chi connectivity index (χ2v) is 4.51. The molecule has 1 heterocycles. The lowest BCUT2D eigenvalue weighted by Crippen LogP contribution is -2.44. The minimum Gasteiger partial charge on any atom is -0.409 e. The molecule has 19 heavy (non-hydrogen) atoms. The molecule has 102 valence electrons. The number of likely N-dealkylation sites (tertiary alicyclic amines) is 1. The molecular formula is C13H18N4O2. The van der Waals surface area contributed by atoms with Gasteiger partial charge in [-0.3, -0.25) is 0 Å². The Bertz CT molecular complexity index is 455. The van der Waals surface area contributed by atoms with Gasteiger partial charge in [0.25, 0.3) is 0 Å². The van der Waals surface area contributed by atoms with Gasteiger partial charge >= 0.3 is 6.03 Å². The van der Waals surface area contributed by atoms with Crippen LogP contribution in [0.25, 0.3) is 0 Å². The van der Waals surface area contributed by atoms with E-state index in [-0.39, 0.29) is 11.9 Å². The van der Waals surface area contributed by atoms with E-state index >= 15 is 0 Å². The number of amides is 2. The van der Waals surface area contributed by atoms with Crippen LogP contribution in [0.15, 0.2) is 35.5 Å². The van der Waals surface area contributed by atoms with E-state index in [1.807, 2.05) is 30.3 Å². The van der Waals surface area contributed by atoms with Gasteiger partial charge in [-0.2, -0.15) is 0 Å². The van der Waals surface area contributed by atoms with Gasteiger partial charge in [0, 0.05) is 13.1 Å². The number of nitrogens with two attached hydrogens (primary N) is 1. The van der Waals surface area contributed by atoms with Crippen molar-refractivity contribution in [2.24, 2.45) is 10.9 Å². The third-order valence-electron chi connectivity index (χ3n) is 3.21. The van der Waals surface area contributed by atoms with E-state index < -0.39 is 6.04 Å². The fourth-order valence-corrected chi connectivity index (χ4v) is 2.17. The first-order chi connectivity index (χ1) is 9.22. The summed E-state index contributed by atoms with van der Waals surface area (Å²) < 4.78 is 0. The molecule has 1 saturated heterocycles. The van der Waals surface area contributed by atoms with Gasteiger partial charge in [-0.1, -0.05) is 35.5 Å². The molecule has 1 aliphatic rings. The number of urea groups is 1. The quantitative estimate of drug-likeness (QED) is 0.331. The topological polar surface area (TPSA) is 91.0 Å². The van der Waals surface area contributed by atoms with E-state index in [4.69, 9.17) is 10.9 Å². The van der Waals surface area contributed by atoms with Gasteiger partial charge in [0.05, 0.1) is 0 Å². The highest BCUT2D eigenvalue weighted by molar-refractivity contribution is 5.90. The summed E-state index contributed by atoms with van der Waals surface area (Å²) >= 11 is 0. The van der Waals surface area contributed by atoms with Crippen molar-refractivity contribution in [2.45, 2.75) is 18.9 Å². The van der Waals surface area contributed by atoms with Crippen LogP contribution in [0.2, 0.25) is 0 Å². The first kappa shape index (κ1) is 13.2. The van der Waals surface area contributed by atoms with E-state index in [9.17, 15) is 4.79 Å². The van der Waals surface area contributed by atoms with Gasteiger partial charge in [0.15, 0.2) is 5.84 Å². The molecule has 1 aromatic carbocycles. The van der Waals surface area contributed by atoms with E-state index in [2.05, 4.69) is 10.5 Å². The maximum absolute atomic E-state index is 12.1. The third-order valence-corrected chi connectivity index (χ3v) is 3.21. The minimum absolute atomic E-state index is 0.0289. The lowest BCUT2D eigenvalue weighted by Gasteiger charge is -2.22. The average molecular weight is 262 g/mol. The van der Waals surface area contributed by atoms with Crippen molar-refractivity contribution in [2.75, 3.05) is 13.1 Å². The molecule has 1 aliphatic heterocycles. The molecule has 1 unspecified atom stereocenters. The number of oxime groups is 1. The summed E-state index contributed by atoms with van der Waals surface area (Å²) in [5, 5.41) is 14.6. The van der Waals surface area contributed by atoms with Gasteiger partial charge in [-0.15, -0.1) is 0 Å². The Morgan fingerprint density at radius 1 is 1.32 bits per heavy atom. The molecule has 0 aromatic heterocycles. The summed E-state index contributed by atoms with van der Waals surface area (Å²) in [6, 6.07) is 8.41. The molecule has 0 bridgehead atoms. The molecule has 6 heteroatoms. The van der Waals surface area contributed by atoms with Crippen LogP contribution in [0.1, 0.15) is 24.4 Å². The third kappa shape index (κ3) is 3.15. The predicted octanol–water partition coefficient (Wildman–Crippen LogP) is 1.28. The Morgan fingerprint density at radius 2 is 1.95 bits per heavy atom. The highest BCUT2D eigenvalue weighted by Crippen LogP contribution is 2.15. The van der Waals surface area contributed by atoms with Gasteiger partial charge in [-0.05, 0) is 18.4 Å². The fraction of sp³-hybridized carbons (Fsp3) is 0.385. The van der Waals surface area contributed by atoms with Crippen LogP contribution in [-0.2, 0) is 0 Å². The molecule has 0 radical (unpaired) electrons. The number of carbonyl (C=O) groups excluding carboxylic acids is 1. The molecule has 0 spiro atoms. The molecule has 4 N–H and O–H groups in total. The number of nitrogens with zero attached hydrogens (tertiary/aromatic N) is 2. The Labute approximate surface area is 111 Å². The number of amidine groups is 1. The zero-order valence-corrected chi connectivity index (χ0v) is 10.6. The summed E-state index contributed by atoms with van der Waals surface area (Å²) in [4.78, 5) is 13.8. The first-order valence-corrected chi connectivity index (χ1v) is 6.30. The SMILES string of the molecule is NC(=NO)C(NC(=O)N1CCCC1)c1ccccc1. The predicted molar refractivity (Wildman–Crippen MR) is 71.9 cm³/mol. The lowest BCUT2D eigenvalue weighted by atomic mass is 10.1. The fourth-order valence-electron chi connectivity index (χ4n) is 2.17. The van der Waals surface area contributed by atoms with Crippen LogP contribution < -0.4 is 11.1 Å². The average Bonchev–Trinajstić information content (AvgIpc) is 2.99. The van der Waals surface area contributed by atoms with Gasteiger partial charge in [0.2, 0.25) is 0 Å². The van der Waals surface area contributed by atoms with Crippen molar-refractivity contribution in [3.8, 4) is 0 Å². The molecule has 0 aliphatic carbocycles. The number of carbonyl (C=O) groups is 1. The largest absolute Gasteiger partial charge is 0.409 e. The van der Waals surface area contributed by atoms with Gasteiger partial charge in [0.1, 0.15) is 6.04 Å². The van der Waals surface area contributed by atoms with Crippen LogP contribution in [0.3, 0.4) is 0 Å².